The van der Waals surface area contributed by atoms with Crippen molar-refractivity contribution in [2.24, 2.45) is 10.9 Å². The smallest absolute Gasteiger partial charge is 0.194 e. The fourth-order valence-corrected chi connectivity index (χ4v) is 6.35. The van der Waals surface area contributed by atoms with E-state index in [4.69, 9.17) is 4.99 Å². The van der Waals surface area contributed by atoms with Gasteiger partial charge in [-0.1, -0.05) is 31.4 Å². The topological polar surface area (TPSA) is 65.0 Å². The zero-order chi connectivity index (χ0) is 19.3. The number of nitrogens with zero attached hydrogens (tertiary/aromatic N) is 3. The van der Waals surface area contributed by atoms with Crippen LogP contribution in [0, 0.1) is 5.92 Å². The molecule has 3 aliphatic rings. The predicted octanol–water partition coefficient (Wildman–Crippen LogP) is 1.89. The van der Waals surface area contributed by atoms with Crippen molar-refractivity contribution in [3.05, 3.63) is 12.2 Å². The molecular formula is C20H36N4O2S. The Labute approximate surface area is 165 Å². The van der Waals surface area contributed by atoms with E-state index in [1.165, 1.54) is 32.1 Å². The molecule has 0 spiro atoms. The van der Waals surface area contributed by atoms with Crippen molar-refractivity contribution in [2.75, 3.05) is 50.8 Å². The van der Waals surface area contributed by atoms with Gasteiger partial charge in [0.05, 0.1) is 18.1 Å². The van der Waals surface area contributed by atoms with Crippen molar-refractivity contribution < 1.29 is 8.42 Å². The number of hydrogen-bond donors (Lipinski definition) is 1. The third-order valence-corrected chi connectivity index (χ3v) is 7.92. The summed E-state index contributed by atoms with van der Waals surface area (Å²) in [5, 5.41) is 3.47. The number of rotatable bonds is 5. The van der Waals surface area contributed by atoms with Crippen LogP contribution in [0.5, 0.6) is 0 Å². The van der Waals surface area contributed by atoms with E-state index in [1.54, 1.807) is 0 Å². The highest BCUT2D eigenvalue weighted by molar-refractivity contribution is 7.91. The molecule has 0 aromatic carbocycles. The number of aliphatic imine (C=N–C) groups is 1. The maximum Gasteiger partial charge on any atom is 0.194 e. The van der Waals surface area contributed by atoms with Crippen LogP contribution in [0.4, 0.5) is 0 Å². The number of piperazine rings is 1. The van der Waals surface area contributed by atoms with Gasteiger partial charge in [-0.05, 0) is 32.1 Å². The van der Waals surface area contributed by atoms with Crippen LogP contribution < -0.4 is 5.32 Å². The van der Waals surface area contributed by atoms with E-state index in [2.05, 4.69) is 21.7 Å². The van der Waals surface area contributed by atoms with Gasteiger partial charge in [0.1, 0.15) is 0 Å². The Bertz CT molecular complexity index is 632. The second kappa shape index (κ2) is 9.41. The largest absolute Gasteiger partial charge is 0.356 e. The summed E-state index contributed by atoms with van der Waals surface area (Å²) in [5.74, 6) is 1.76. The minimum absolute atomic E-state index is 0.202. The van der Waals surface area contributed by atoms with E-state index in [0.29, 0.717) is 24.6 Å². The minimum atomic E-state index is -2.83. The molecule has 3 fully saturated rings. The second-order valence-corrected chi connectivity index (χ2v) is 10.8. The lowest BCUT2D eigenvalue weighted by molar-refractivity contribution is 0.106. The molecule has 6 nitrogen and oxygen atoms in total. The number of sulfone groups is 1. The van der Waals surface area contributed by atoms with E-state index >= 15 is 0 Å². The lowest BCUT2D eigenvalue weighted by Gasteiger charge is -2.41. The molecule has 2 aliphatic heterocycles. The summed E-state index contributed by atoms with van der Waals surface area (Å²) in [7, 11) is -2.83. The van der Waals surface area contributed by atoms with Crippen molar-refractivity contribution in [3.63, 3.8) is 0 Å². The van der Waals surface area contributed by atoms with E-state index in [-0.39, 0.29) is 5.92 Å². The molecular weight excluding hydrogens is 360 g/mol. The fourth-order valence-electron chi connectivity index (χ4n) is 4.49. The molecule has 1 saturated carbocycles. The zero-order valence-corrected chi connectivity index (χ0v) is 17.6. The van der Waals surface area contributed by atoms with E-state index < -0.39 is 9.84 Å². The number of hydrogen-bond acceptors (Lipinski definition) is 4. The highest BCUT2D eigenvalue weighted by Gasteiger charge is 2.29. The molecule has 154 valence electrons. The van der Waals surface area contributed by atoms with Gasteiger partial charge in [-0.25, -0.2) is 13.4 Å². The van der Waals surface area contributed by atoms with Gasteiger partial charge in [0.25, 0.3) is 0 Å². The lowest BCUT2D eigenvalue weighted by atomic mass is 9.94. The first-order chi connectivity index (χ1) is 12.9. The molecule has 2 saturated heterocycles. The Balaban J connectivity index is 1.53. The van der Waals surface area contributed by atoms with Crippen LogP contribution in [-0.2, 0) is 9.84 Å². The Hall–Kier alpha value is -1.08. The molecule has 27 heavy (non-hydrogen) atoms. The molecule has 3 rings (SSSR count). The molecule has 0 amide bonds. The molecule has 1 unspecified atom stereocenters. The van der Waals surface area contributed by atoms with Crippen molar-refractivity contribution in [3.8, 4) is 0 Å². The molecule has 1 N–H and O–H groups in total. The number of nitrogens with one attached hydrogen (secondary N) is 1. The van der Waals surface area contributed by atoms with E-state index in [0.717, 1.165) is 50.2 Å². The highest BCUT2D eigenvalue weighted by Crippen LogP contribution is 2.23. The molecule has 0 aromatic rings. The third kappa shape index (κ3) is 6.21. The van der Waals surface area contributed by atoms with Gasteiger partial charge < -0.3 is 10.2 Å². The quantitative estimate of drug-likeness (QED) is 0.437. The summed E-state index contributed by atoms with van der Waals surface area (Å²) in [5.41, 5.74) is 1.04. The Kier molecular flexibility index (Phi) is 7.20. The molecule has 2 heterocycles. The van der Waals surface area contributed by atoms with Crippen molar-refractivity contribution >= 4 is 15.8 Å². The summed E-state index contributed by atoms with van der Waals surface area (Å²) in [6.07, 6.45) is 7.62. The maximum atomic E-state index is 11.7. The van der Waals surface area contributed by atoms with Crippen LogP contribution in [0.1, 0.15) is 45.4 Å². The van der Waals surface area contributed by atoms with Crippen molar-refractivity contribution in [2.45, 2.75) is 51.5 Å². The van der Waals surface area contributed by atoms with Crippen LogP contribution >= 0.6 is 0 Å². The standard InChI is InChI=1S/C20H36N4O2S/c1-17(2)14-21-20(22-15-18-8-13-27(25,26)16-18)24-11-9-23(10-12-24)19-6-4-3-5-7-19/h18-19H,1,3-16H2,2H3,(H,21,22). The van der Waals surface area contributed by atoms with Crippen molar-refractivity contribution in [1.29, 1.82) is 0 Å². The summed E-state index contributed by atoms with van der Waals surface area (Å²) in [6, 6.07) is 0.772. The average Bonchev–Trinajstić information content (AvgIpc) is 3.01. The lowest BCUT2D eigenvalue weighted by Crippen LogP contribution is -2.55. The zero-order valence-electron chi connectivity index (χ0n) is 16.8. The molecule has 0 aromatic heterocycles. The van der Waals surface area contributed by atoms with E-state index in [9.17, 15) is 8.42 Å². The van der Waals surface area contributed by atoms with Crippen LogP contribution in [0.15, 0.2) is 17.1 Å². The Morgan fingerprint density at radius 2 is 1.81 bits per heavy atom. The molecule has 1 aliphatic carbocycles. The van der Waals surface area contributed by atoms with Gasteiger partial charge in [0, 0.05) is 38.8 Å². The first-order valence-electron chi connectivity index (χ1n) is 10.5. The second-order valence-electron chi connectivity index (χ2n) is 8.56. The Morgan fingerprint density at radius 1 is 1.11 bits per heavy atom. The number of guanidine groups is 1. The van der Waals surface area contributed by atoms with Gasteiger partial charge in [0.2, 0.25) is 0 Å². The summed E-state index contributed by atoms with van der Waals surface area (Å²) < 4.78 is 23.4. The summed E-state index contributed by atoms with van der Waals surface area (Å²) >= 11 is 0. The molecule has 0 radical (unpaired) electrons. The monoisotopic (exact) mass is 396 g/mol. The summed E-state index contributed by atoms with van der Waals surface area (Å²) in [4.78, 5) is 9.75. The minimum Gasteiger partial charge on any atom is -0.356 e. The fraction of sp³-hybridized carbons (Fsp3) is 0.850. The van der Waals surface area contributed by atoms with Crippen LogP contribution in [0.25, 0.3) is 0 Å². The maximum absolute atomic E-state index is 11.7. The third-order valence-electron chi connectivity index (χ3n) is 6.08. The normalized spacial score (nSPS) is 27.7. The molecule has 0 bridgehead atoms. The van der Waals surface area contributed by atoms with Gasteiger partial charge in [-0.15, -0.1) is 0 Å². The summed E-state index contributed by atoms with van der Waals surface area (Å²) in [6.45, 7) is 11.4. The predicted molar refractivity (Wildman–Crippen MR) is 112 cm³/mol. The van der Waals surface area contributed by atoms with Crippen molar-refractivity contribution in [1.82, 2.24) is 15.1 Å². The average molecular weight is 397 g/mol. The van der Waals surface area contributed by atoms with Gasteiger partial charge in [-0.2, -0.15) is 0 Å². The highest BCUT2D eigenvalue weighted by atomic mass is 32.2. The van der Waals surface area contributed by atoms with Crippen LogP contribution in [-0.4, -0.2) is 81.0 Å². The molecule has 7 heteroatoms. The van der Waals surface area contributed by atoms with Gasteiger partial charge in [-0.3, -0.25) is 4.90 Å². The van der Waals surface area contributed by atoms with Gasteiger partial charge in [0.15, 0.2) is 15.8 Å². The SMILES string of the molecule is C=C(C)CN=C(NCC1CCS(=O)(=O)C1)N1CCN(C2CCCCC2)CC1. The van der Waals surface area contributed by atoms with E-state index in [1.807, 2.05) is 6.92 Å². The molecule has 1 atom stereocenters. The first-order valence-corrected chi connectivity index (χ1v) is 12.4. The van der Waals surface area contributed by atoms with Crippen LogP contribution in [0.2, 0.25) is 0 Å². The van der Waals surface area contributed by atoms with Crippen LogP contribution in [0.3, 0.4) is 0 Å². The van der Waals surface area contributed by atoms with Gasteiger partial charge >= 0.3 is 0 Å². The first kappa shape index (κ1) is 20.6. The Morgan fingerprint density at radius 3 is 2.41 bits per heavy atom.